The topological polar surface area (TPSA) is 41.5 Å². The van der Waals surface area contributed by atoms with E-state index in [9.17, 15) is 9.50 Å². The third-order valence-corrected chi connectivity index (χ3v) is 5.34. The number of aliphatic hydroxyl groups is 1. The van der Waals surface area contributed by atoms with E-state index in [4.69, 9.17) is 4.74 Å². The average Bonchev–Trinajstić information content (AvgIpc) is 2.58. The zero-order chi connectivity index (χ0) is 18.2. The number of hydrogen-bond acceptors (Lipinski definition) is 3. The first-order chi connectivity index (χ1) is 11.8. The minimum atomic E-state index is -0.698. The van der Waals surface area contributed by atoms with Crippen LogP contribution in [0.15, 0.2) is 40.9 Å². The first kappa shape index (κ1) is 18.4. The van der Waals surface area contributed by atoms with Crippen LogP contribution in [-0.2, 0) is 13.0 Å². The molecule has 1 aliphatic rings. The van der Waals surface area contributed by atoms with Gasteiger partial charge in [-0.2, -0.15) is 0 Å². The highest BCUT2D eigenvalue weighted by Crippen LogP contribution is 2.40. The number of aliphatic hydroxyl groups excluding tert-OH is 1. The van der Waals surface area contributed by atoms with Gasteiger partial charge in [0.15, 0.2) is 0 Å². The standard InChI is InChI=1S/C20H23BrFNO2/c1-4-12-6-8-17-14(9-12)18(19(24)20(2,3)25-17)23-11-13-5-7-16(22)15(21)10-13/h5-10,18-19,23-24H,4,11H2,1-3H3. The predicted molar refractivity (Wildman–Crippen MR) is 100 cm³/mol. The second-order valence-electron chi connectivity index (χ2n) is 6.98. The van der Waals surface area contributed by atoms with Gasteiger partial charge in [-0.1, -0.05) is 25.1 Å². The van der Waals surface area contributed by atoms with E-state index in [1.807, 2.05) is 19.9 Å². The molecule has 0 saturated heterocycles. The Morgan fingerprint density at radius 3 is 2.60 bits per heavy atom. The summed E-state index contributed by atoms with van der Waals surface area (Å²) in [5.74, 6) is 0.513. The van der Waals surface area contributed by atoms with Crippen molar-refractivity contribution in [2.24, 2.45) is 0 Å². The summed E-state index contributed by atoms with van der Waals surface area (Å²) in [6, 6.07) is 10.8. The Bertz CT molecular complexity index is 778. The third kappa shape index (κ3) is 3.73. The van der Waals surface area contributed by atoms with Crippen LogP contribution in [0.1, 0.15) is 43.5 Å². The maximum absolute atomic E-state index is 13.4. The monoisotopic (exact) mass is 407 g/mol. The molecule has 5 heteroatoms. The number of benzene rings is 2. The van der Waals surface area contributed by atoms with Gasteiger partial charge in [-0.25, -0.2) is 4.39 Å². The van der Waals surface area contributed by atoms with Crippen LogP contribution in [0.3, 0.4) is 0 Å². The Kier molecular flexibility index (Phi) is 5.19. The van der Waals surface area contributed by atoms with Crippen molar-refractivity contribution >= 4 is 15.9 Å². The van der Waals surface area contributed by atoms with Crippen LogP contribution < -0.4 is 10.1 Å². The SMILES string of the molecule is CCc1ccc2c(c1)C(NCc1ccc(F)c(Br)c1)C(O)C(C)(C)O2. The second kappa shape index (κ2) is 7.06. The Morgan fingerprint density at radius 1 is 1.20 bits per heavy atom. The molecule has 1 aliphatic heterocycles. The number of halogens is 2. The van der Waals surface area contributed by atoms with Gasteiger partial charge in [-0.3, -0.25) is 0 Å². The zero-order valence-electron chi connectivity index (χ0n) is 14.6. The van der Waals surface area contributed by atoms with Gasteiger partial charge >= 0.3 is 0 Å². The Morgan fingerprint density at radius 2 is 1.92 bits per heavy atom. The fourth-order valence-corrected chi connectivity index (χ4v) is 3.59. The molecule has 2 aromatic carbocycles. The Hall–Kier alpha value is -1.43. The summed E-state index contributed by atoms with van der Waals surface area (Å²) in [7, 11) is 0. The number of ether oxygens (including phenoxy) is 1. The third-order valence-electron chi connectivity index (χ3n) is 4.73. The molecule has 0 fully saturated rings. The number of aryl methyl sites for hydroxylation is 1. The molecule has 0 bridgehead atoms. The van der Waals surface area contributed by atoms with Gasteiger partial charge in [0.25, 0.3) is 0 Å². The fourth-order valence-electron chi connectivity index (χ4n) is 3.17. The van der Waals surface area contributed by atoms with Crippen molar-refractivity contribution in [3.05, 3.63) is 63.4 Å². The molecule has 1 heterocycles. The summed E-state index contributed by atoms with van der Waals surface area (Å²) >= 11 is 3.21. The molecule has 25 heavy (non-hydrogen) atoms. The lowest BCUT2D eigenvalue weighted by Gasteiger charge is -2.42. The average molecular weight is 408 g/mol. The summed E-state index contributed by atoms with van der Waals surface area (Å²) in [5.41, 5.74) is 2.41. The summed E-state index contributed by atoms with van der Waals surface area (Å²) < 4.78 is 19.9. The summed E-state index contributed by atoms with van der Waals surface area (Å²) in [6.45, 7) is 6.39. The van der Waals surface area contributed by atoms with Crippen molar-refractivity contribution in [3.8, 4) is 5.75 Å². The van der Waals surface area contributed by atoms with E-state index < -0.39 is 11.7 Å². The molecule has 134 valence electrons. The second-order valence-corrected chi connectivity index (χ2v) is 7.84. The van der Waals surface area contributed by atoms with E-state index in [0.717, 1.165) is 23.3 Å². The van der Waals surface area contributed by atoms with Crippen LogP contribution in [0.5, 0.6) is 5.75 Å². The minimum Gasteiger partial charge on any atom is -0.485 e. The summed E-state index contributed by atoms with van der Waals surface area (Å²) in [4.78, 5) is 0. The van der Waals surface area contributed by atoms with Crippen molar-refractivity contribution < 1.29 is 14.2 Å². The highest BCUT2D eigenvalue weighted by Gasteiger charge is 2.42. The molecule has 0 aliphatic carbocycles. The molecule has 0 amide bonds. The Labute approximate surface area is 156 Å². The van der Waals surface area contributed by atoms with Crippen molar-refractivity contribution in [1.82, 2.24) is 5.32 Å². The molecule has 0 aromatic heterocycles. The molecule has 2 aromatic rings. The molecular formula is C20H23BrFNO2. The maximum Gasteiger partial charge on any atom is 0.137 e. The van der Waals surface area contributed by atoms with E-state index in [-0.39, 0.29) is 11.9 Å². The lowest BCUT2D eigenvalue weighted by Crippen LogP contribution is -2.52. The quantitative estimate of drug-likeness (QED) is 0.782. The summed E-state index contributed by atoms with van der Waals surface area (Å²) in [5, 5.41) is 14.3. The molecule has 3 nitrogen and oxygen atoms in total. The first-order valence-corrected chi connectivity index (χ1v) is 9.28. The molecular weight excluding hydrogens is 385 g/mol. The number of hydrogen-bond donors (Lipinski definition) is 2. The fraction of sp³-hybridized carbons (Fsp3) is 0.400. The predicted octanol–water partition coefficient (Wildman–Crippen LogP) is 4.51. The molecule has 2 unspecified atom stereocenters. The molecule has 2 N–H and O–H groups in total. The van der Waals surface area contributed by atoms with Gasteiger partial charge < -0.3 is 15.2 Å². The minimum absolute atomic E-state index is 0.255. The Balaban J connectivity index is 1.89. The van der Waals surface area contributed by atoms with Crippen LogP contribution in [0.25, 0.3) is 0 Å². The van der Waals surface area contributed by atoms with Crippen LogP contribution >= 0.6 is 15.9 Å². The first-order valence-electron chi connectivity index (χ1n) is 8.49. The van der Waals surface area contributed by atoms with Gasteiger partial charge in [0, 0.05) is 12.1 Å². The van der Waals surface area contributed by atoms with Crippen LogP contribution in [0, 0.1) is 5.82 Å². The highest BCUT2D eigenvalue weighted by molar-refractivity contribution is 9.10. The lowest BCUT2D eigenvalue weighted by molar-refractivity contribution is -0.0649. The lowest BCUT2D eigenvalue weighted by atomic mass is 9.85. The van der Waals surface area contributed by atoms with Gasteiger partial charge in [-0.15, -0.1) is 0 Å². The number of fused-ring (bicyclic) bond motifs is 1. The smallest absolute Gasteiger partial charge is 0.137 e. The van der Waals surface area contributed by atoms with Crippen molar-refractivity contribution in [1.29, 1.82) is 0 Å². The van der Waals surface area contributed by atoms with Gasteiger partial charge in [-0.05, 0) is 65.5 Å². The van der Waals surface area contributed by atoms with Gasteiger partial charge in [0.2, 0.25) is 0 Å². The van der Waals surface area contributed by atoms with E-state index >= 15 is 0 Å². The normalized spacial score (nSPS) is 21.5. The van der Waals surface area contributed by atoms with Crippen LogP contribution in [-0.4, -0.2) is 16.8 Å². The molecule has 0 spiro atoms. The zero-order valence-corrected chi connectivity index (χ0v) is 16.2. The molecule has 2 atom stereocenters. The number of nitrogens with one attached hydrogen (secondary N) is 1. The van der Waals surface area contributed by atoms with E-state index in [2.05, 4.69) is 40.3 Å². The van der Waals surface area contributed by atoms with E-state index in [1.54, 1.807) is 12.1 Å². The van der Waals surface area contributed by atoms with E-state index in [1.165, 1.54) is 11.6 Å². The molecule has 0 radical (unpaired) electrons. The van der Waals surface area contributed by atoms with Gasteiger partial charge in [0.1, 0.15) is 23.3 Å². The van der Waals surface area contributed by atoms with Crippen molar-refractivity contribution in [3.63, 3.8) is 0 Å². The van der Waals surface area contributed by atoms with Gasteiger partial charge in [0.05, 0.1) is 10.5 Å². The summed E-state index contributed by atoms with van der Waals surface area (Å²) in [6.07, 6.45) is 0.223. The van der Waals surface area contributed by atoms with Crippen LogP contribution in [0.2, 0.25) is 0 Å². The maximum atomic E-state index is 13.4. The largest absolute Gasteiger partial charge is 0.485 e. The van der Waals surface area contributed by atoms with E-state index in [0.29, 0.717) is 11.0 Å². The highest BCUT2D eigenvalue weighted by atomic mass is 79.9. The van der Waals surface area contributed by atoms with Crippen molar-refractivity contribution in [2.75, 3.05) is 0 Å². The molecule has 3 rings (SSSR count). The molecule has 0 saturated carbocycles. The van der Waals surface area contributed by atoms with Crippen LogP contribution in [0.4, 0.5) is 4.39 Å². The number of rotatable bonds is 4. The van der Waals surface area contributed by atoms with Crippen molar-refractivity contribution in [2.45, 2.75) is 51.5 Å².